The van der Waals surface area contributed by atoms with Crippen LogP contribution in [0.2, 0.25) is 0 Å². The van der Waals surface area contributed by atoms with Crippen molar-refractivity contribution in [3.05, 3.63) is 21.9 Å². The van der Waals surface area contributed by atoms with Crippen LogP contribution in [0.5, 0.6) is 0 Å². The zero-order valence-corrected chi connectivity index (χ0v) is 11.2. The van der Waals surface area contributed by atoms with Gasteiger partial charge in [0.1, 0.15) is 0 Å². The Kier molecular flexibility index (Phi) is 4.44. The zero-order valence-electron chi connectivity index (χ0n) is 9.57. The maximum Gasteiger partial charge on any atom is 0.174 e. The fraction of sp³-hybridized carbons (Fsp3) is 0.583. The highest BCUT2D eigenvalue weighted by atomic mass is 32.2. The number of thiophene rings is 1. The Morgan fingerprint density at radius 3 is 3.00 bits per heavy atom. The van der Waals surface area contributed by atoms with Gasteiger partial charge >= 0.3 is 0 Å². The minimum atomic E-state index is 0.307. The molecule has 1 saturated heterocycles. The van der Waals surface area contributed by atoms with E-state index in [0.717, 1.165) is 30.3 Å². The average Bonchev–Trinajstić information content (AvgIpc) is 2.96. The second-order valence-electron chi connectivity index (χ2n) is 3.95. The summed E-state index contributed by atoms with van der Waals surface area (Å²) in [6, 6.07) is 4.05. The fourth-order valence-corrected chi connectivity index (χ4v) is 3.68. The van der Waals surface area contributed by atoms with E-state index in [0.29, 0.717) is 12.2 Å². The van der Waals surface area contributed by atoms with Gasteiger partial charge in [-0.05, 0) is 18.6 Å². The lowest BCUT2D eigenvalue weighted by atomic mass is 10.2. The molecule has 1 aliphatic rings. The first kappa shape index (κ1) is 12.1. The molecule has 0 amide bonds. The molecule has 0 N–H and O–H groups in total. The van der Waals surface area contributed by atoms with Crippen LogP contribution >= 0.6 is 23.1 Å². The van der Waals surface area contributed by atoms with Gasteiger partial charge in [0.2, 0.25) is 0 Å². The highest BCUT2D eigenvalue weighted by Gasteiger charge is 2.14. The molecule has 1 aromatic rings. The standard InChI is InChI=1S/C12H17NOS2/c1-2-10-3-4-12(16-10)11(14)5-6-13-7-8-15-9-13/h3-4H,2,5-9H2,1H3. The molecule has 0 bridgehead atoms. The average molecular weight is 255 g/mol. The van der Waals surface area contributed by atoms with Crippen LogP contribution in [0.1, 0.15) is 27.9 Å². The van der Waals surface area contributed by atoms with Crippen LogP contribution in [0.4, 0.5) is 0 Å². The minimum absolute atomic E-state index is 0.307. The summed E-state index contributed by atoms with van der Waals surface area (Å²) in [6.45, 7) is 4.19. The first-order valence-electron chi connectivity index (χ1n) is 5.71. The third kappa shape index (κ3) is 3.09. The molecule has 0 unspecified atom stereocenters. The van der Waals surface area contributed by atoms with E-state index in [1.165, 1.54) is 10.6 Å². The number of hydrogen-bond acceptors (Lipinski definition) is 4. The summed E-state index contributed by atoms with van der Waals surface area (Å²) >= 11 is 3.60. The number of carbonyl (C=O) groups excluding carboxylic acids is 1. The van der Waals surface area contributed by atoms with Crippen molar-refractivity contribution in [3.8, 4) is 0 Å². The van der Waals surface area contributed by atoms with E-state index < -0.39 is 0 Å². The molecule has 1 aromatic heterocycles. The van der Waals surface area contributed by atoms with E-state index in [1.54, 1.807) is 11.3 Å². The number of nitrogens with zero attached hydrogens (tertiary/aromatic N) is 1. The van der Waals surface area contributed by atoms with E-state index in [2.05, 4.69) is 17.9 Å². The lowest BCUT2D eigenvalue weighted by molar-refractivity contribution is 0.0974. The lowest BCUT2D eigenvalue weighted by Crippen LogP contribution is -2.22. The van der Waals surface area contributed by atoms with Crippen LogP contribution in [0.3, 0.4) is 0 Å². The van der Waals surface area contributed by atoms with E-state index in [4.69, 9.17) is 0 Å². The van der Waals surface area contributed by atoms with Crippen LogP contribution in [-0.2, 0) is 6.42 Å². The van der Waals surface area contributed by atoms with Crippen molar-refractivity contribution in [1.29, 1.82) is 0 Å². The minimum Gasteiger partial charge on any atom is -0.293 e. The van der Waals surface area contributed by atoms with E-state index in [1.807, 2.05) is 17.8 Å². The number of hydrogen-bond donors (Lipinski definition) is 0. The number of thioether (sulfide) groups is 1. The molecule has 0 saturated carbocycles. The van der Waals surface area contributed by atoms with Gasteiger partial charge in [0.15, 0.2) is 5.78 Å². The van der Waals surface area contributed by atoms with Gasteiger partial charge in [-0.2, -0.15) is 0 Å². The normalized spacial score (nSPS) is 16.8. The number of Topliss-reactive ketones (excluding diaryl/α,β-unsaturated/α-hetero) is 1. The summed E-state index contributed by atoms with van der Waals surface area (Å²) < 4.78 is 0. The molecule has 2 rings (SSSR count). The van der Waals surface area contributed by atoms with Crippen LogP contribution in [-0.4, -0.2) is 35.4 Å². The first-order chi connectivity index (χ1) is 7.79. The molecule has 0 aliphatic carbocycles. The molecule has 0 radical (unpaired) electrons. The molecule has 16 heavy (non-hydrogen) atoms. The van der Waals surface area contributed by atoms with Gasteiger partial charge < -0.3 is 0 Å². The van der Waals surface area contributed by atoms with Gasteiger partial charge in [0, 0.05) is 36.0 Å². The summed E-state index contributed by atoms with van der Waals surface area (Å²) in [6.07, 6.45) is 1.70. The summed E-state index contributed by atoms with van der Waals surface area (Å²) in [7, 11) is 0. The fourth-order valence-electron chi connectivity index (χ4n) is 1.73. The summed E-state index contributed by atoms with van der Waals surface area (Å²) in [5.74, 6) is 2.62. The topological polar surface area (TPSA) is 20.3 Å². The Morgan fingerprint density at radius 2 is 2.38 bits per heavy atom. The highest BCUT2D eigenvalue weighted by molar-refractivity contribution is 7.99. The number of ketones is 1. The molecule has 0 atom stereocenters. The van der Waals surface area contributed by atoms with Crippen molar-refractivity contribution in [2.75, 3.05) is 24.7 Å². The monoisotopic (exact) mass is 255 g/mol. The zero-order chi connectivity index (χ0) is 11.4. The second-order valence-corrected chi connectivity index (χ2v) is 6.19. The van der Waals surface area contributed by atoms with Gasteiger partial charge in [0.05, 0.1) is 4.88 Å². The molecule has 0 aromatic carbocycles. The van der Waals surface area contributed by atoms with Crippen LogP contribution in [0.15, 0.2) is 12.1 Å². The number of aryl methyl sites for hydroxylation is 1. The number of carbonyl (C=O) groups is 1. The molecule has 2 nitrogen and oxygen atoms in total. The largest absolute Gasteiger partial charge is 0.293 e. The van der Waals surface area contributed by atoms with Gasteiger partial charge in [-0.25, -0.2) is 0 Å². The Balaban J connectivity index is 1.82. The van der Waals surface area contributed by atoms with Crippen molar-refractivity contribution in [1.82, 2.24) is 4.90 Å². The first-order valence-corrected chi connectivity index (χ1v) is 7.68. The Labute approximate surface area is 105 Å². The summed E-state index contributed by atoms with van der Waals surface area (Å²) in [5, 5.41) is 0. The van der Waals surface area contributed by atoms with Crippen LogP contribution in [0.25, 0.3) is 0 Å². The molecule has 0 spiro atoms. The van der Waals surface area contributed by atoms with Crippen molar-refractivity contribution < 1.29 is 4.79 Å². The molecule has 2 heterocycles. The third-order valence-corrected chi connectivity index (χ3v) is 5.06. The van der Waals surface area contributed by atoms with Gasteiger partial charge in [0.25, 0.3) is 0 Å². The predicted octanol–water partition coefficient (Wildman–Crippen LogP) is 2.89. The van der Waals surface area contributed by atoms with E-state index in [-0.39, 0.29) is 0 Å². The Hall–Kier alpha value is -0.320. The lowest BCUT2D eigenvalue weighted by Gasteiger charge is -2.11. The number of rotatable bonds is 5. The van der Waals surface area contributed by atoms with Gasteiger partial charge in [-0.1, -0.05) is 6.92 Å². The van der Waals surface area contributed by atoms with Crippen molar-refractivity contribution in [2.45, 2.75) is 19.8 Å². The molecular weight excluding hydrogens is 238 g/mol. The van der Waals surface area contributed by atoms with Crippen molar-refractivity contribution >= 4 is 28.9 Å². The van der Waals surface area contributed by atoms with Gasteiger partial charge in [-0.15, -0.1) is 23.1 Å². The molecule has 1 fully saturated rings. The maximum absolute atomic E-state index is 11.9. The van der Waals surface area contributed by atoms with Crippen molar-refractivity contribution in [2.24, 2.45) is 0 Å². The quantitative estimate of drug-likeness (QED) is 0.755. The van der Waals surface area contributed by atoms with Crippen LogP contribution < -0.4 is 0 Å². The van der Waals surface area contributed by atoms with E-state index in [9.17, 15) is 4.79 Å². The van der Waals surface area contributed by atoms with Gasteiger partial charge in [-0.3, -0.25) is 9.69 Å². The molecular formula is C12H17NOS2. The predicted molar refractivity (Wildman–Crippen MR) is 71.5 cm³/mol. The van der Waals surface area contributed by atoms with Crippen LogP contribution in [0, 0.1) is 0 Å². The van der Waals surface area contributed by atoms with E-state index >= 15 is 0 Å². The smallest absolute Gasteiger partial charge is 0.174 e. The Bertz CT molecular complexity index is 356. The molecule has 4 heteroatoms. The maximum atomic E-state index is 11.9. The summed E-state index contributed by atoms with van der Waals surface area (Å²) in [5.41, 5.74) is 0. The van der Waals surface area contributed by atoms with Crippen molar-refractivity contribution in [3.63, 3.8) is 0 Å². The third-order valence-electron chi connectivity index (χ3n) is 2.77. The second kappa shape index (κ2) is 5.84. The summed E-state index contributed by atoms with van der Waals surface area (Å²) in [4.78, 5) is 16.5. The molecule has 88 valence electrons. The SMILES string of the molecule is CCc1ccc(C(=O)CCN2CCSC2)s1. The molecule has 1 aliphatic heterocycles. The highest BCUT2D eigenvalue weighted by Crippen LogP contribution is 2.19. The Morgan fingerprint density at radius 1 is 1.50 bits per heavy atom.